The van der Waals surface area contributed by atoms with E-state index in [0.717, 1.165) is 37.5 Å². The third-order valence-corrected chi connectivity index (χ3v) is 3.44. The van der Waals surface area contributed by atoms with Crippen LogP contribution in [0, 0.1) is 11.6 Å². The molecule has 1 saturated heterocycles. The van der Waals surface area contributed by atoms with E-state index in [4.69, 9.17) is 5.11 Å². The van der Waals surface area contributed by atoms with Gasteiger partial charge in [-0.1, -0.05) is 0 Å². The topological polar surface area (TPSA) is 40.5 Å². The first-order valence-corrected chi connectivity index (χ1v) is 6.49. The molecule has 1 unspecified atom stereocenters. The van der Waals surface area contributed by atoms with Gasteiger partial charge in [-0.15, -0.1) is 0 Å². The lowest BCUT2D eigenvalue weighted by Crippen LogP contribution is -2.35. The van der Waals surface area contributed by atoms with E-state index in [9.17, 15) is 13.6 Å². The molecule has 3 nitrogen and oxygen atoms in total. The maximum absolute atomic E-state index is 13.1. The van der Waals surface area contributed by atoms with E-state index in [2.05, 4.69) is 0 Å². The Morgan fingerprint density at radius 3 is 2.63 bits per heavy atom. The zero-order valence-corrected chi connectivity index (χ0v) is 10.6. The molecule has 1 aliphatic rings. The highest BCUT2D eigenvalue weighted by Crippen LogP contribution is 2.24. The number of halogens is 2. The predicted octanol–water partition coefficient (Wildman–Crippen LogP) is 2.34. The molecule has 1 aliphatic heterocycles. The lowest BCUT2D eigenvalue weighted by molar-refractivity contribution is 0.0723. The number of amides is 1. The van der Waals surface area contributed by atoms with Gasteiger partial charge >= 0.3 is 0 Å². The third-order valence-electron chi connectivity index (χ3n) is 3.44. The van der Waals surface area contributed by atoms with Crippen molar-refractivity contribution in [2.75, 3.05) is 13.2 Å². The average molecular weight is 269 g/mol. The number of nitrogens with zero attached hydrogens (tertiary/aromatic N) is 1. The highest BCUT2D eigenvalue weighted by Gasteiger charge is 2.29. The van der Waals surface area contributed by atoms with Gasteiger partial charge in [0.1, 0.15) is 11.6 Å². The monoisotopic (exact) mass is 269 g/mol. The van der Waals surface area contributed by atoms with Crippen molar-refractivity contribution >= 4 is 5.91 Å². The van der Waals surface area contributed by atoms with Gasteiger partial charge in [0.05, 0.1) is 0 Å². The quantitative estimate of drug-likeness (QED) is 0.911. The van der Waals surface area contributed by atoms with Crippen LogP contribution in [0.3, 0.4) is 0 Å². The fourth-order valence-electron chi connectivity index (χ4n) is 2.57. The van der Waals surface area contributed by atoms with Crippen LogP contribution in [0.5, 0.6) is 0 Å². The summed E-state index contributed by atoms with van der Waals surface area (Å²) in [7, 11) is 0. The van der Waals surface area contributed by atoms with Crippen molar-refractivity contribution in [1.82, 2.24) is 4.90 Å². The van der Waals surface area contributed by atoms with Crippen molar-refractivity contribution in [3.8, 4) is 0 Å². The highest BCUT2D eigenvalue weighted by molar-refractivity contribution is 5.94. The van der Waals surface area contributed by atoms with Crippen LogP contribution < -0.4 is 0 Å². The summed E-state index contributed by atoms with van der Waals surface area (Å²) < 4.78 is 26.3. The number of rotatable bonds is 4. The van der Waals surface area contributed by atoms with E-state index in [1.165, 1.54) is 0 Å². The summed E-state index contributed by atoms with van der Waals surface area (Å²) in [5.74, 6) is -1.82. The number of hydrogen-bond acceptors (Lipinski definition) is 2. The molecule has 1 aromatic carbocycles. The first kappa shape index (κ1) is 13.9. The molecule has 5 heteroatoms. The zero-order valence-electron chi connectivity index (χ0n) is 10.6. The van der Waals surface area contributed by atoms with E-state index >= 15 is 0 Å². The van der Waals surface area contributed by atoms with Crippen LogP contribution in [0.1, 0.15) is 36.0 Å². The predicted molar refractivity (Wildman–Crippen MR) is 66.7 cm³/mol. The molecule has 0 bridgehead atoms. The Balaban J connectivity index is 2.13. The lowest BCUT2D eigenvalue weighted by Gasteiger charge is -2.24. The molecule has 1 atom stereocenters. The number of aliphatic hydroxyl groups excluding tert-OH is 1. The van der Waals surface area contributed by atoms with Gasteiger partial charge in [-0.25, -0.2) is 8.78 Å². The molecule has 0 spiro atoms. The number of aliphatic hydroxyl groups is 1. The Bertz CT molecular complexity index is 445. The SMILES string of the molecule is O=C(c1cc(F)cc(F)c1)N1CCCC1CCCO. The number of carbonyl (C=O) groups excluding carboxylic acids is 1. The molecule has 1 amide bonds. The number of benzene rings is 1. The molecule has 1 fully saturated rings. The second-order valence-corrected chi connectivity index (χ2v) is 4.82. The van der Waals surface area contributed by atoms with Crippen molar-refractivity contribution in [1.29, 1.82) is 0 Å². The van der Waals surface area contributed by atoms with Gasteiger partial charge in [0.2, 0.25) is 0 Å². The summed E-state index contributed by atoms with van der Waals surface area (Å²) in [6, 6.07) is 2.94. The average Bonchev–Trinajstić information content (AvgIpc) is 2.82. The normalized spacial score (nSPS) is 18.9. The summed E-state index contributed by atoms with van der Waals surface area (Å²) >= 11 is 0. The van der Waals surface area contributed by atoms with E-state index in [1.807, 2.05) is 0 Å². The highest BCUT2D eigenvalue weighted by atomic mass is 19.1. The van der Waals surface area contributed by atoms with Gasteiger partial charge in [0.25, 0.3) is 5.91 Å². The van der Waals surface area contributed by atoms with Crippen LogP contribution in [0.15, 0.2) is 18.2 Å². The van der Waals surface area contributed by atoms with Gasteiger partial charge in [-0.2, -0.15) is 0 Å². The van der Waals surface area contributed by atoms with E-state index in [0.29, 0.717) is 13.0 Å². The molecule has 0 aliphatic carbocycles. The van der Waals surface area contributed by atoms with E-state index < -0.39 is 11.6 Å². The maximum Gasteiger partial charge on any atom is 0.254 e. The van der Waals surface area contributed by atoms with Gasteiger partial charge in [-0.05, 0) is 37.8 Å². The fraction of sp³-hybridized carbons (Fsp3) is 0.500. The van der Waals surface area contributed by atoms with Crippen molar-refractivity contribution in [3.05, 3.63) is 35.4 Å². The molecule has 19 heavy (non-hydrogen) atoms. The molecule has 1 aromatic rings. The molecule has 0 saturated carbocycles. The van der Waals surface area contributed by atoms with Crippen molar-refractivity contribution in [2.24, 2.45) is 0 Å². The second kappa shape index (κ2) is 6.10. The summed E-state index contributed by atoms with van der Waals surface area (Å²) in [6.45, 7) is 0.695. The Morgan fingerprint density at radius 1 is 1.32 bits per heavy atom. The van der Waals surface area contributed by atoms with Crippen molar-refractivity contribution < 1.29 is 18.7 Å². The standard InChI is InChI=1S/C14H17F2NO2/c15-11-7-10(8-12(16)9-11)14(19)17-5-1-3-13(17)4-2-6-18/h7-9,13,18H,1-6H2. The van der Waals surface area contributed by atoms with E-state index in [-0.39, 0.29) is 24.1 Å². The third kappa shape index (κ3) is 3.29. The summed E-state index contributed by atoms with van der Waals surface area (Å²) in [5.41, 5.74) is 0.0494. The van der Waals surface area contributed by atoms with Crippen LogP contribution in [0.25, 0.3) is 0 Å². The maximum atomic E-state index is 13.1. The molecule has 1 heterocycles. The molecule has 1 N–H and O–H groups in total. The summed E-state index contributed by atoms with van der Waals surface area (Å²) in [4.78, 5) is 13.9. The number of carbonyl (C=O) groups is 1. The van der Waals surface area contributed by atoms with E-state index in [1.54, 1.807) is 4.90 Å². The molecule has 2 rings (SSSR count). The Hall–Kier alpha value is -1.49. The van der Waals surface area contributed by atoms with Crippen LogP contribution in [-0.2, 0) is 0 Å². The Kier molecular flexibility index (Phi) is 4.47. The van der Waals surface area contributed by atoms with Crippen LogP contribution in [-0.4, -0.2) is 35.1 Å². The summed E-state index contributed by atoms with van der Waals surface area (Å²) in [6.07, 6.45) is 3.12. The minimum Gasteiger partial charge on any atom is -0.396 e. The van der Waals surface area contributed by atoms with Crippen LogP contribution in [0.4, 0.5) is 8.78 Å². The molecule has 0 radical (unpaired) electrons. The van der Waals surface area contributed by atoms with Crippen LogP contribution in [0.2, 0.25) is 0 Å². The molecule has 0 aromatic heterocycles. The Morgan fingerprint density at radius 2 is 2.00 bits per heavy atom. The fourth-order valence-corrected chi connectivity index (χ4v) is 2.57. The van der Waals surface area contributed by atoms with Gasteiger partial charge in [0, 0.05) is 30.8 Å². The molecular formula is C14H17F2NO2. The van der Waals surface area contributed by atoms with Gasteiger partial charge in [-0.3, -0.25) is 4.79 Å². The second-order valence-electron chi connectivity index (χ2n) is 4.82. The minimum atomic E-state index is -0.741. The van der Waals surface area contributed by atoms with Crippen molar-refractivity contribution in [3.63, 3.8) is 0 Å². The largest absolute Gasteiger partial charge is 0.396 e. The minimum absolute atomic E-state index is 0.0494. The first-order valence-electron chi connectivity index (χ1n) is 6.49. The summed E-state index contributed by atoms with van der Waals surface area (Å²) in [5, 5.41) is 8.84. The van der Waals surface area contributed by atoms with Gasteiger partial charge in [0.15, 0.2) is 0 Å². The Labute approximate surface area is 110 Å². The molecule has 104 valence electrons. The molecular weight excluding hydrogens is 252 g/mol. The number of likely N-dealkylation sites (tertiary alicyclic amines) is 1. The lowest BCUT2D eigenvalue weighted by atomic mass is 10.1. The van der Waals surface area contributed by atoms with Crippen molar-refractivity contribution in [2.45, 2.75) is 31.7 Å². The first-order chi connectivity index (χ1) is 9.11. The zero-order chi connectivity index (χ0) is 13.8. The van der Waals surface area contributed by atoms with Gasteiger partial charge < -0.3 is 10.0 Å². The van der Waals surface area contributed by atoms with Crippen LogP contribution >= 0.6 is 0 Å². The number of hydrogen-bond donors (Lipinski definition) is 1. The smallest absolute Gasteiger partial charge is 0.254 e.